The molecule has 0 aromatic heterocycles. The number of ether oxygens (including phenoxy) is 2. The molecule has 3 aromatic rings. The Morgan fingerprint density at radius 2 is 1.87 bits per heavy atom. The van der Waals surface area contributed by atoms with Crippen molar-refractivity contribution < 1.29 is 29.0 Å². The summed E-state index contributed by atoms with van der Waals surface area (Å²) >= 11 is 0. The molecule has 2 aliphatic rings. The van der Waals surface area contributed by atoms with Crippen LogP contribution in [0.25, 0.3) is 5.76 Å². The number of ketones is 1. The number of aliphatic hydroxyl groups is 1. The molecule has 190 valence electrons. The first-order valence-electron chi connectivity index (χ1n) is 11.9. The van der Waals surface area contributed by atoms with Gasteiger partial charge in [-0.05, 0) is 60.2 Å². The molecule has 9 nitrogen and oxygen atoms in total. The van der Waals surface area contributed by atoms with Gasteiger partial charge in [-0.3, -0.25) is 19.3 Å². The third kappa shape index (κ3) is 4.33. The number of nitrogens with zero attached hydrogens (tertiary/aromatic N) is 3. The molecule has 1 N–H and O–H groups in total. The van der Waals surface area contributed by atoms with Crippen LogP contribution in [0.3, 0.4) is 0 Å². The molecule has 1 unspecified atom stereocenters. The number of likely N-dealkylation sites (N-methyl/N-ethyl adjacent to an activating group) is 1. The molecule has 0 aliphatic carbocycles. The zero-order chi connectivity index (χ0) is 27.0. The second-order valence-corrected chi connectivity index (χ2v) is 8.95. The van der Waals surface area contributed by atoms with E-state index in [1.807, 2.05) is 18.0 Å². The SMILES string of the molecule is CC(=O)Oc1cccc(C2/C(=C(/O)c3ccc4c(c3)N(C)CCO4)C(=O)C(=O)N2c2ccc(C#N)cc2)c1. The number of benzene rings is 3. The average Bonchev–Trinajstić information content (AvgIpc) is 3.18. The Morgan fingerprint density at radius 3 is 2.58 bits per heavy atom. The summed E-state index contributed by atoms with van der Waals surface area (Å²) in [5.74, 6) is -1.69. The molecule has 0 radical (unpaired) electrons. The molecule has 9 heteroatoms. The van der Waals surface area contributed by atoms with Crippen LogP contribution in [0.15, 0.2) is 72.3 Å². The molecule has 2 aliphatic heterocycles. The third-order valence-electron chi connectivity index (χ3n) is 6.48. The Morgan fingerprint density at radius 1 is 1.11 bits per heavy atom. The zero-order valence-corrected chi connectivity index (χ0v) is 20.7. The number of carbonyl (C=O) groups excluding carboxylic acids is 3. The van der Waals surface area contributed by atoms with Crippen LogP contribution in [0.2, 0.25) is 0 Å². The van der Waals surface area contributed by atoms with Crippen LogP contribution in [0.4, 0.5) is 11.4 Å². The quantitative estimate of drug-likeness (QED) is 0.185. The fourth-order valence-corrected chi connectivity index (χ4v) is 4.68. The number of amides is 1. The maximum absolute atomic E-state index is 13.4. The number of carbonyl (C=O) groups is 3. The van der Waals surface area contributed by atoms with E-state index in [1.165, 1.54) is 11.8 Å². The standard InChI is InChI=1S/C29H23N3O6/c1-17(33)38-22-5-3-4-19(14-22)26-25(27(34)20-8-11-24-23(15-20)31(2)12-13-37-24)28(35)29(36)32(26)21-9-6-18(16-30)7-10-21/h3-11,14-15,26,34H,12-13H2,1-2H3/b27-25-. The number of rotatable bonds is 4. The highest BCUT2D eigenvalue weighted by molar-refractivity contribution is 6.51. The van der Waals surface area contributed by atoms with Crippen molar-refractivity contribution in [3.8, 4) is 17.6 Å². The molecule has 0 saturated carbocycles. The number of nitriles is 1. The lowest BCUT2D eigenvalue weighted by atomic mass is 9.94. The molecule has 3 aromatic carbocycles. The van der Waals surface area contributed by atoms with Gasteiger partial charge in [0.2, 0.25) is 0 Å². The predicted octanol–water partition coefficient (Wildman–Crippen LogP) is 3.94. The maximum atomic E-state index is 13.4. The molecule has 2 heterocycles. The van der Waals surface area contributed by atoms with Crippen LogP contribution in [0, 0.1) is 11.3 Å². The van der Waals surface area contributed by atoms with Crippen LogP contribution in [0.5, 0.6) is 11.5 Å². The first kappa shape index (κ1) is 24.6. The smallest absolute Gasteiger partial charge is 0.308 e. The van der Waals surface area contributed by atoms with E-state index in [0.717, 1.165) is 5.69 Å². The van der Waals surface area contributed by atoms with E-state index < -0.39 is 23.7 Å². The van der Waals surface area contributed by atoms with Crippen LogP contribution >= 0.6 is 0 Å². The van der Waals surface area contributed by atoms with Crippen molar-refractivity contribution in [2.45, 2.75) is 13.0 Å². The Kier molecular flexibility index (Phi) is 6.31. The van der Waals surface area contributed by atoms with Gasteiger partial charge in [-0.2, -0.15) is 5.26 Å². The van der Waals surface area contributed by atoms with Gasteiger partial charge in [0.15, 0.2) is 0 Å². The monoisotopic (exact) mass is 509 g/mol. The van der Waals surface area contributed by atoms with Crippen LogP contribution in [-0.4, -0.2) is 43.0 Å². The molecule has 38 heavy (non-hydrogen) atoms. The van der Waals surface area contributed by atoms with Gasteiger partial charge in [-0.15, -0.1) is 0 Å². The van der Waals surface area contributed by atoms with Crippen LogP contribution < -0.4 is 19.3 Å². The van der Waals surface area contributed by atoms with Gasteiger partial charge in [-0.25, -0.2) is 0 Å². The Bertz CT molecular complexity index is 1540. The second-order valence-electron chi connectivity index (χ2n) is 8.95. The molecule has 1 saturated heterocycles. The highest BCUT2D eigenvalue weighted by atomic mass is 16.5. The minimum Gasteiger partial charge on any atom is -0.507 e. The fraction of sp³-hybridized carbons (Fsp3) is 0.172. The summed E-state index contributed by atoms with van der Waals surface area (Å²) in [7, 11) is 1.90. The molecular weight excluding hydrogens is 486 g/mol. The molecule has 1 atom stereocenters. The number of Topliss-reactive ketones (excluding diaryl/α,β-unsaturated/α-hetero) is 1. The lowest BCUT2D eigenvalue weighted by molar-refractivity contribution is -0.132. The van der Waals surface area contributed by atoms with E-state index >= 15 is 0 Å². The summed E-state index contributed by atoms with van der Waals surface area (Å²) < 4.78 is 10.9. The molecule has 0 spiro atoms. The molecular formula is C29H23N3O6. The van der Waals surface area contributed by atoms with Crippen LogP contribution in [-0.2, 0) is 14.4 Å². The highest BCUT2D eigenvalue weighted by Crippen LogP contribution is 2.44. The number of aliphatic hydroxyl groups excluding tert-OH is 1. The summed E-state index contributed by atoms with van der Waals surface area (Å²) in [6.45, 7) is 2.46. The summed E-state index contributed by atoms with van der Waals surface area (Å²) in [5, 5.41) is 20.7. The molecule has 0 bridgehead atoms. The van der Waals surface area contributed by atoms with Crippen molar-refractivity contribution in [1.82, 2.24) is 0 Å². The predicted molar refractivity (Wildman–Crippen MR) is 139 cm³/mol. The Labute approximate surface area is 218 Å². The zero-order valence-electron chi connectivity index (χ0n) is 20.7. The lowest BCUT2D eigenvalue weighted by Crippen LogP contribution is -2.29. The summed E-state index contributed by atoms with van der Waals surface area (Å²) in [6, 6.07) is 18.7. The van der Waals surface area contributed by atoms with Gasteiger partial charge in [0, 0.05) is 25.2 Å². The third-order valence-corrected chi connectivity index (χ3v) is 6.48. The van der Waals surface area contributed by atoms with Crippen molar-refractivity contribution in [3.63, 3.8) is 0 Å². The molecule has 1 fully saturated rings. The summed E-state index contributed by atoms with van der Waals surface area (Å²) in [5.41, 5.74) is 2.19. The minimum absolute atomic E-state index is 0.112. The second kappa shape index (κ2) is 9.75. The van der Waals surface area contributed by atoms with Crippen molar-refractivity contribution in [1.29, 1.82) is 5.26 Å². The number of esters is 1. The van der Waals surface area contributed by atoms with Gasteiger partial charge in [0.25, 0.3) is 11.7 Å². The fourth-order valence-electron chi connectivity index (χ4n) is 4.68. The summed E-state index contributed by atoms with van der Waals surface area (Å²) in [6.07, 6.45) is 0. The number of fused-ring (bicyclic) bond motifs is 1. The minimum atomic E-state index is -1.02. The van der Waals surface area contributed by atoms with Crippen molar-refractivity contribution in [3.05, 3.63) is 89.0 Å². The first-order chi connectivity index (χ1) is 18.3. The topological polar surface area (TPSA) is 120 Å². The average molecular weight is 510 g/mol. The Hall–Kier alpha value is -5.10. The van der Waals surface area contributed by atoms with Crippen LogP contribution in [0.1, 0.15) is 29.7 Å². The van der Waals surface area contributed by atoms with E-state index in [4.69, 9.17) is 9.47 Å². The number of anilines is 2. The Balaban J connectivity index is 1.69. The first-order valence-corrected chi connectivity index (χ1v) is 11.9. The van der Waals surface area contributed by atoms with Gasteiger partial charge in [0.1, 0.15) is 23.9 Å². The summed E-state index contributed by atoms with van der Waals surface area (Å²) in [4.78, 5) is 41.7. The van der Waals surface area contributed by atoms with E-state index in [9.17, 15) is 24.8 Å². The van der Waals surface area contributed by atoms with Gasteiger partial charge in [0.05, 0.1) is 35.5 Å². The van der Waals surface area contributed by atoms with Gasteiger partial charge < -0.3 is 19.5 Å². The maximum Gasteiger partial charge on any atom is 0.308 e. The van der Waals surface area contributed by atoms with E-state index in [-0.39, 0.29) is 17.1 Å². The molecule has 5 rings (SSSR count). The number of hydrogen-bond acceptors (Lipinski definition) is 8. The van der Waals surface area contributed by atoms with E-state index in [0.29, 0.717) is 41.3 Å². The van der Waals surface area contributed by atoms with Crippen molar-refractivity contribution in [2.75, 3.05) is 30.0 Å². The van der Waals surface area contributed by atoms with Crippen molar-refractivity contribution >= 4 is 34.8 Å². The van der Waals surface area contributed by atoms with Gasteiger partial charge >= 0.3 is 5.97 Å². The van der Waals surface area contributed by atoms with E-state index in [2.05, 4.69) is 0 Å². The van der Waals surface area contributed by atoms with E-state index in [1.54, 1.807) is 66.7 Å². The largest absolute Gasteiger partial charge is 0.507 e. The molecule has 1 amide bonds. The van der Waals surface area contributed by atoms with Crippen molar-refractivity contribution in [2.24, 2.45) is 0 Å². The normalized spacial score (nSPS) is 18.0. The highest BCUT2D eigenvalue weighted by Gasteiger charge is 2.47. The van der Waals surface area contributed by atoms with Gasteiger partial charge in [-0.1, -0.05) is 12.1 Å². The number of hydrogen-bond donors (Lipinski definition) is 1. The lowest BCUT2D eigenvalue weighted by Gasteiger charge is -2.28.